The molecule has 0 bridgehead atoms. The quantitative estimate of drug-likeness (QED) is 0.357. The van der Waals surface area contributed by atoms with Crippen molar-refractivity contribution in [2.75, 3.05) is 0 Å². The van der Waals surface area contributed by atoms with Crippen molar-refractivity contribution in [3.05, 3.63) is 78.0 Å². The molecule has 0 amide bonds. The molecule has 0 fully saturated rings. The van der Waals surface area contributed by atoms with Crippen molar-refractivity contribution in [2.45, 2.75) is 6.42 Å². The summed E-state index contributed by atoms with van der Waals surface area (Å²) in [6, 6.07) is 24.3. The minimum atomic E-state index is 1.04. The van der Waals surface area contributed by atoms with Crippen LogP contribution in [-0.2, 0) is 6.42 Å². The Labute approximate surface area is 127 Å². The van der Waals surface area contributed by atoms with Crippen molar-refractivity contribution in [1.82, 2.24) is 4.40 Å². The van der Waals surface area contributed by atoms with Crippen LogP contribution in [0.4, 0.5) is 0 Å². The van der Waals surface area contributed by atoms with Gasteiger partial charge in [0.05, 0.1) is 11.0 Å². The van der Waals surface area contributed by atoms with Gasteiger partial charge in [-0.25, -0.2) is 0 Å². The number of para-hydroxylation sites is 2. The van der Waals surface area contributed by atoms with Crippen molar-refractivity contribution < 1.29 is 0 Å². The fraction of sp³-hybridized carbons (Fsp3) is 0.0476. The predicted octanol–water partition coefficient (Wildman–Crippen LogP) is 5.25. The van der Waals surface area contributed by atoms with Crippen LogP contribution in [0.15, 0.2) is 66.7 Å². The van der Waals surface area contributed by atoms with E-state index < -0.39 is 0 Å². The first-order chi connectivity index (χ1) is 10.9. The molecule has 22 heavy (non-hydrogen) atoms. The zero-order valence-electron chi connectivity index (χ0n) is 12.0. The van der Waals surface area contributed by atoms with Crippen LogP contribution in [-0.4, -0.2) is 4.40 Å². The largest absolute Gasteiger partial charge is 0.311 e. The fourth-order valence-electron chi connectivity index (χ4n) is 4.33. The number of aromatic nitrogens is 1. The zero-order chi connectivity index (χ0) is 14.3. The standard InChI is InChI=1S/C21H13N/c1-2-7-14-13(6-1)12-19-20(14)17-10-5-9-16-15-8-3-4-11-18(15)22(19)21(16)17/h1-11H,12H2. The number of nitrogens with zero attached hydrogens (tertiary/aromatic N) is 1. The second-order valence-corrected chi connectivity index (χ2v) is 6.21. The molecule has 0 aliphatic heterocycles. The Kier molecular flexibility index (Phi) is 1.73. The maximum Gasteiger partial charge on any atom is 0.0617 e. The van der Waals surface area contributed by atoms with Crippen molar-refractivity contribution in [3.8, 4) is 11.1 Å². The molecule has 2 heterocycles. The van der Waals surface area contributed by atoms with Gasteiger partial charge in [-0.1, -0.05) is 60.7 Å². The number of fused-ring (bicyclic) bond motifs is 8. The highest BCUT2D eigenvalue weighted by molar-refractivity contribution is 6.19. The number of hydrogen-bond donors (Lipinski definition) is 0. The molecule has 1 aliphatic carbocycles. The van der Waals surface area contributed by atoms with Gasteiger partial charge in [-0.15, -0.1) is 0 Å². The Morgan fingerprint density at radius 2 is 1.45 bits per heavy atom. The second kappa shape index (κ2) is 3.50. The Bertz CT molecular complexity index is 1190. The third-order valence-corrected chi connectivity index (χ3v) is 5.17. The minimum absolute atomic E-state index is 1.04. The van der Waals surface area contributed by atoms with Crippen molar-refractivity contribution in [1.29, 1.82) is 0 Å². The van der Waals surface area contributed by atoms with E-state index in [0.717, 1.165) is 6.42 Å². The van der Waals surface area contributed by atoms with E-state index in [-0.39, 0.29) is 0 Å². The summed E-state index contributed by atoms with van der Waals surface area (Å²) in [5, 5.41) is 4.13. The molecule has 0 unspecified atom stereocenters. The van der Waals surface area contributed by atoms with Gasteiger partial charge in [0.15, 0.2) is 0 Å². The summed E-state index contributed by atoms with van der Waals surface area (Å²) in [5.74, 6) is 0. The molecule has 1 aliphatic rings. The summed E-state index contributed by atoms with van der Waals surface area (Å²) in [4.78, 5) is 0. The molecule has 0 radical (unpaired) electrons. The molecular formula is C21H13N. The molecule has 0 N–H and O–H groups in total. The smallest absolute Gasteiger partial charge is 0.0617 e. The van der Waals surface area contributed by atoms with Crippen LogP contribution in [0.1, 0.15) is 11.3 Å². The first-order valence-corrected chi connectivity index (χ1v) is 7.78. The van der Waals surface area contributed by atoms with Crippen molar-refractivity contribution in [3.63, 3.8) is 0 Å². The Morgan fingerprint density at radius 1 is 0.682 bits per heavy atom. The third kappa shape index (κ3) is 1.06. The topological polar surface area (TPSA) is 4.41 Å². The van der Waals surface area contributed by atoms with E-state index in [1.54, 1.807) is 0 Å². The van der Waals surface area contributed by atoms with Crippen LogP contribution in [0.3, 0.4) is 0 Å². The van der Waals surface area contributed by atoms with Gasteiger partial charge in [0.1, 0.15) is 0 Å². The molecule has 1 heteroatoms. The summed E-state index contributed by atoms with van der Waals surface area (Å²) in [7, 11) is 0. The minimum Gasteiger partial charge on any atom is -0.311 e. The summed E-state index contributed by atoms with van der Waals surface area (Å²) < 4.78 is 2.50. The van der Waals surface area contributed by atoms with Gasteiger partial charge in [0.25, 0.3) is 0 Å². The molecule has 0 saturated heterocycles. The van der Waals surface area contributed by atoms with E-state index in [4.69, 9.17) is 0 Å². The number of hydrogen-bond acceptors (Lipinski definition) is 0. The normalized spacial score (nSPS) is 13.3. The van der Waals surface area contributed by atoms with Crippen LogP contribution >= 0.6 is 0 Å². The lowest BCUT2D eigenvalue weighted by atomic mass is 10.0. The molecule has 0 atom stereocenters. The van der Waals surface area contributed by atoms with Gasteiger partial charge >= 0.3 is 0 Å². The van der Waals surface area contributed by atoms with Gasteiger partial charge in [-0.05, 0) is 17.2 Å². The Morgan fingerprint density at radius 3 is 2.45 bits per heavy atom. The first kappa shape index (κ1) is 10.9. The Hall–Kier alpha value is -2.80. The summed E-state index contributed by atoms with van der Waals surface area (Å²) >= 11 is 0. The summed E-state index contributed by atoms with van der Waals surface area (Å²) in [6.45, 7) is 0. The van der Waals surface area contributed by atoms with Gasteiger partial charge in [0.2, 0.25) is 0 Å². The van der Waals surface area contributed by atoms with E-state index in [2.05, 4.69) is 71.1 Å². The van der Waals surface area contributed by atoms with Crippen LogP contribution in [0.2, 0.25) is 0 Å². The lowest BCUT2D eigenvalue weighted by Crippen LogP contribution is -1.88. The SMILES string of the molecule is c1ccc2c(c1)Cc1c-2c2cccc3c4ccccc4n1c23. The van der Waals surface area contributed by atoms with Crippen LogP contribution in [0.5, 0.6) is 0 Å². The highest BCUT2D eigenvalue weighted by atomic mass is 14.9. The highest BCUT2D eigenvalue weighted by Crippen LogP contribution is 2.46. The molecule has 3 aromatic carbocycles. The Balaban J connectivity index is 1.95. The molecule has 102 valence electrons. The zero-order valence-corrected chi connectivity index (χ0v) is 12.0. The molecule has 6 rings (SSSR count). The molecule has 0 saturated carbocycles. The monoisotopic (exact) mass is 279 g/mol. The van der Waals surface area contributed by atoms with Crippen LogP contribution < -0.4 is 0 Å². The lowest BCUT2D eigenvalue weighted by molar-refractivity contribution is 1.10. The molecule has 1 nitrogen and oxygen atoms in total. The number of benzene rings is 3. The average Bonchev–Trinajstić information content (AvgIpc) is 3.19. The predicted molar refractivity (Wildman–Crippen MR) is 91.8 cm³/mol. The molecule has 2 aromatic heterocycles. The molecular weight excluding hydrogens is 266 g/mol. The van der Waals surface area contributed by atoms with Crippen molar-refractivity contribution in [2.24, 2.45) is 0 Å². The first-order valence-electron chi connectivity index (χ1n) is 7.78. The van der Waals surface area contributed by atoms with Crippen molar-refractivity contribution >= 4 is 27.2 Å². The van der Waals surface area contributed by atoms with E-state index in [0.29, 0.717) is 0 Å². The van der Waals surface area contributed by atoms with Gasteiger partial charge < -0.3 is 4.40 Å². The maximum absolute atomic E-state index is 2.50. The lowest BCUT2D eigenvalue weighted by Gasteiger charge is -2.00. The highest BCUT2D eigenvalue weighted by Gasteiger charge is 2.27. The van der Waals surface area contributed by atoms with E-state index >= 15 is 0 Å². The number of rotatable bonds is 0. The second-order valence-electron chi connectivity index (χ2n) is 6.21. The summed E-state index contributed by atoms with van der Waals surface area (Å²) in [5.41, 5.74) is 8.49. The maximum atomic E-state index is 2.50. The third-order valence-electron chi connectivity index (χ3n) is 5.17. The average molecular weight is 279 g/mol. The van der Waals surface area contributed by atoms with Crippen LogP contribution in [0, 0.1) is 0 Å². The fourth-order valence-corrected chi connectivity index (χ4v) is 4.33. The molecule has 0 spiro atoms. The van der Waals surface area contributed by atoms with E-state index in [1.807, 2.05) is 0 Å². The van der Waals surface area contributed by atoms with E-state index in [9.17, 15) is 0 Å². The van der Waals surface area contributed by atoms with Crippen LogP contribution in [0.25, 0.3) is 38.3 Å². The van der Waals surface area contributed by atoms with Gasteiger partial charge in [-0.3, -0.25) is 0 Å². The van der Waals surface area contributed by atoms with Gasteiger partial charge in [0, 0.05) is 33.8 Å². The van der Waals surface area contributed by atoms with E-state index in [1.165, 1.54) is 49.6 Å². The molecule has 5 aromatic rings. The summed E-state index contributed by atoms with van der Waals surface area (Å²) in [6.07, 6.45) is 1.04. The van der Waals surface area contributed by atoms with Gasteiger partial charge in [-0.2, -0.15) is 0 Å².